The molecule has 0 radical (unpaired) electrons. The van der Waals surface area contributed by atoms with Crippen LogP contribution >= 0.6 is 0 Å². The zero-order valence-electron chi connectivity index (χ0n) is 19.7. The van der Waals surface area contributed by atoms with Crippen LogP contribution in [0.4, 0.5) is 0 Å². The number of allylic oxidation sites excluding steroid dienone is 1. The first-order chi connectivity index (χ1) is 15.6. The Hall–Kier alpha value is -2.49. The van der Waals surface area contributed by atoms with Crippen molar-refractivity contribution in [3.05, 3.63) is 59.4 Å². The molecule has 4 nitrogen and oxygen atoms in total. The van der Waals surface area contributed by atoms with Gasteiger partial charge in [0.2, 0.25) is 0 Å². The van der Waals surface area contributed by atoms with Gasteiger partial charge in [-0.2, -0.15) is 0 Å². The molecule has 2 aromatic rings. The Morgan fingerprint density at radius 2 is 1.62 bits per heavy atom. The third kappa shape index (κ3) is 6.75. The van der Waals surface area contributed by atoms with Crippen LogP contribution in [0.3, 0.4) is 0 Å². The summed E-state index contributed by atoms with van der Waals surface area (Å²) in [7, 11) is 0. The molecule has 1 saturated carbocycles. The highest BCUT2D eigenvalue weighted by Gasteiger charge is 2.27. The van der Waals surface area contributed by atoms with Gasteiger partial charge in [0.25, 0.3) is 0 Å². The highest BCUT2D eigenvalue weighted by atomic mass is 16.4. The maximum Gasteiger partial charge on any atom is 0.331 e. The van der Waals surface area contributed by atoms with Gasteiger partial charge in [0.1, 0.15) is 0 Å². The molecule has 3 rings (SSSR count). The number of rotatable bonds is 11. The van der Waals surface area contributed by atoms with E-state index in [0.717, 1.165) is 62.8 Å². The smallest absolute Gasteiger partial charge is 0.331 e. The van der Waals surface area contributed by atoms with Gasteiger partial charge in [-0.3, -0.25) is 0 Å². The third-order valence-electron chi connectivity index (χ3n) is 6.75. The molecule has 0 amide bonds. The van der Waals surface area contributed by atoms with Gasteiger partial charge in [-0.1, -0.05) is 69.9 Å². The lowest BCUT2D eigenvalue weighted by Gasteiger charge is -2.29. The van der Waals surface area contributed by atoms with Crippen molar-refractivity contribution < 1.29 is 9.90 Å². The first-order valence-electron chi connectivity index (χ1n) is 12.5. The van der Waals surface area contributed by atoms with Gasteiger partial charge < -0.3 is 5.11 Å². The molecule has 1 fully saturated rings. The predicted octanol–water partition coefficient (Wildman–Crippen LogP) is 7.35. The van der Waals surface area contributed by atoms with E-state index in [2.05, 4.69) is 48.1 Å². The van der Waals surface area contributed by atoms with E-state index in [1.165, 1.54) is 30.4 Å². The van der Waals surface area contributed by atoms with Crippen LogP contribution in [-0.2, 0) is 11.2 Å². The third-order valence-corrected chi connectivity index (χ3v) is 6.75. The van der Waals surface area contributed by atoms with Crippen molar-refractivity contribution in [2.24, 2.45) is 5.92 Å². The van der Waals surface area contributed by atoms with E-state index < -0.39 is 5.97 Å². The van der Waals surface area contributed by atoms with E-state index >= 15 is 0 Å². The molecule has 1 N–H and O–H groups in total. The van der Waals surface area contributed by atoms with Crippen LogP contribution in [-0.4, -0.2) is 21.0 Å². The van der Waals surface area contributed by atoms with Crippen molar-refractivity contribution in [1.29, 1.82) is 0 Å². The van der Waals surface area contributed by atoms with E-state index in [4.69, 9.17) is 0 Å². The standard InChI is InChI=1S/C28H38N2O2/c1-3-5-7-9-21-19-29-27(30-20-21)25-17-13-23(14-18-25)22-11-15-24(16-12-22)26(28(31)32)10-8-6-4-2/h10,13-14,17-20,22,24H,3-9,11-12,15-16H2,1-2H3,(H,31,32). The van der Waals surface area contributed by atoms with Gasteiger partial charge in [0.05, 0.1) is 0 Å². The Kier molecular flexibility index (Phi) is 9.45. The minimum atomic E-state index is -0.731. The number of nitrogens with zero attached hydrogens (tertiary/aromatic N) is 2. The van der Waals surface area contributed by atoms with Crippen LogP contribution in [0.5, 0.6) is 0 Å². The molecule has 1 heterocycles. The van der Waals surface area contributed by atoms with Crippen LogP contribution in [0.15, 0.2) is 48.3 Å². The Bertz CT molecular complexity index is 863. The number of carboxylic acid groups (broad SMARTS) is 1. The second kappa shape index (κ2) is 12.5. The highest BCUT2D eigenvalue weighted by molar-refractivity contribution is 5.87. The monoisotopic (exact) mass is 434 g/mol. The van der Waals surface area contributed by atoms with Crippen LogP contribution in [0.1, 0.15) is 95.1 Å². The van der Waals surface area contributed by atoms with Crippen molar-refractivity contribution >= 4 is 5.97 Å². The van der Waals surface area contributed by atoms with Gasteiger partial charge in [0, 0.05) is 23.5 Å². The lowest BCUT2D eigenvalue weighted by molar-refractivity contribution is -0.133. The summed E-state index contributed by atoms with van der Waals surface area (Å²) < 4.78 is 0. The summed E-state index contributed by atoms with van der Waals surface area (Å²) in [5.74, 6) is 0.755. The van der Waals surface area contributed by atoms with Gasteiger partial charge in [0.15, 0.2) is 5.82 Å². The van der Waals surface area contributed by atoms with E-state index in [1.54, 1.807) is 0 Å². The quantitative estimate of drug-likeness (QED) is 0.296. The summed E-state index contributed by atoms with van der Waals surface area (Å²) in [5.41, 5.74) is 4.24. The lowest BCUT2D eigenvalue weighted by Crippen LogP contribution is -2.19. The molecule has 0 spiro atoms. The molecule has 1 aliphatic carbocycles. The summed E-state index contributed by atoms with van der Waals surface area (Å²) >= 11 is 0. The Labute approximate surface area is 193 Å². The number of carboxylic acids is 1. The number of aromatic nitrogens is 2. The predicted molar refractivity (Wildman–Crippen MR) is 131 cm³/mol. The van der Waals surface area contributed by atoms with Crippen molar-refractivity contribution in [3.8, 4) is 11.4 Å². The molecule has 172 valence electrons. The Morgan fingerprint density at radius 3 is 2.22 bits per heavy atom. The summed E-state index contributed by atoms with van der Waals surface area (Å²) in [6.45, 7) is 4.36. The number of aryl methyl sites for hydroxylation is 1. The lowest BCUT2D eigenvalue weighted by atomic mass is 9.75. The van der Waals surface area contributed by atoms with Crippen LogP contribution in [0.2, 0.25) is 0 Å². The van der Waals surface area contributed by atoms with Crippen LogP contribution < -0.4 is 0 Å². The second-order valence-electron chi connectivity index (χ2n) is 9.15. The summed E-state index contributed by atoms with van der Waals surface area (Å²) in [5, 5.41) is 9.64. The minimum absolute atomic E-state index is 0.198. The Balaban J connectivity index is 1.57. The molecular weight excluding hydrogens is 396 g/mol. The van der Waals surface area contributed by atoms with Gasteiger partial charge in [-0.05, 0) is 67.9 Å². The molecule has 32 heavy (non-hydrogen) atoms. The summed E-state index contributed by atoms with van der Waals surface area (Å²) in [4.78, 5) is 20.9. The first-order valence-corrected chi connectivity index (χ1v) is 12.5. The van der Waals surface area contributed by atoms with E-state index in [1.807, 2.05) is 18.5 Å². The summed E-state index contributed by atoms with van der Waals surface area (Å²) in [6.07, 6.45) is 17.6. The molecule has 0 saturated heterocycles. The van der Waals surface area contributed by atoms with E-state index in [0.29, 0.717) is 11.5 Å². The zero-order chi connectivity index (χ0) is 22.8. The molecule has 0 atom stereocenters. The zero-order valence-corrected chi connectivity index (χ0v) is 19.7. The topological polar surface area (TPSA) is 63.1 Å². The fraction of sp³-hybridized carbons (Fsp3) is 0.536. The van der Waals surface area contributed by atoms with E-state index in [-0.39, 0.29) is 5.92 Å². The fourth-order valence-electron chi connectivity index (χ4n) is 4.74. The maximum atomic E-state index is 11.7. The molecule has 0 bridgehead atoms. The normalized spacial score (nSPS) is 19.1. The molecule has 1 aromatic heterocycles. The number of carbonyl (C=O) groups is 1. The second-order valence-corrected chi connectivity index (χ2v) is 9.15. The van der Waals surface area contributed by atoms with Gasteiger partial charge >= 0.3 is 5.97 Å². The van der Waals surface area contributed by atoms with Crippen molar-refractivity contribution in [3.63, 3.8) is 0 Å². The number of aliphatic carboxylic acids is 1. The SMILES string of the molecule is CCCCC=C(C(=O)O)C1CCC(c2ccc(-c3ncc(CCCCC)cn3)cc2)CC1. The van der Waals surface area contributed by atoms with E-state index in [9.17, 15) is 9.90 Å². The van der Waals surface area contributed by atoms with Gasteiger partial charge in [-0.15, -0.1) is 0 Å². The van der Waals surface area contributed by atoms with Gasteiger partial charge in [-0.25, -0.2) is 14.8 Å². The first kappa shape index (κ1) is 24.2. The maximum absolute atomic E-state index is 11.7. The number of benzene rings is 1. The molecule has 1 aliphatic rings. The Morgan fingerprint density at radius 1 is 0.969 bits per heavy atom. The van der Waals surface area contributed by atoms with Crippen molar-refractivity contribution in [1.82, 2.24) is 9.97 Å². The number of hydrogen-bond donors (Lipinski definition) is 1. The largest absolute Gasteiger partial charge is 0.478 e. The minimum Gasteiger partial charge on any atom is -0.478 e. The summed E-state index contributed by atoms with van der Waals surface area (Å²) in [6, 6.07) is 8.66. The molecule has 0 unspecified atom stereocenters. The fourth-order valence-corrected chi connectivity index (χ4v) is 4.74. The van der Waals surface area contributed by atoms with Crippen LogP contribution in [0.25, 0.3) is 11.4 Å². The van der Waals surface area contributed by atoms with Crippen molar-refractivity contribution in [2.45, 2.75) is 90.4 Å². The molecule has 1 aromatic carbocycles. The average Bonchev–Trinajstić information content (AvgIpc) is 2.83. The highest BCUT2D eigenvalue weighted by Crippen LogP contribution is 2.39. The van der Waals surface area contributed by atoms with Crippen molar-refractivity contribution in [2.75, 3.05) is 0 Å². The number of hydrogen-bond acceptors (Lipinski definition) is 3. The molecule has 0 aliphatic heterocycles. The average molecular weight is 435 g/mol. The van der Waals surface area contributed by atoms with Crippen LogP contribution in [0, 0.1) is 5.92 Å². The number of unbranched alkanes of at least 4 members (excludes halogenated alkanes) is 4. The molecule has 4 heteroatoms. The molecular formula is C28H38N2O2.